The Kier molecular flexibility index (Phi) is 4.76. The average molecular weight is 386 g/mol. The number of hydrogen-bond donors (Lipinski definition) is 1. The molecule has 0 aliphatic rings. The van der Waals surface area contributed by atoms with Crippen molar-refractivity contribution in [2.45, 2.75) is 19.9 Å². The van der Waals surface area contributed by atoms with Gasteiger partial charge in [0.2, 0.25) is 5.91 Å². The zero-order valence-corrected chi connectivity index (χ0v) is 14.7. The molecule has 1 N–H and O–H groups in total. The highest BCUT2D eigenvalue weighted by Gasteiger charge is 2.10. The predicted molar refractivity (Wildman–Crippen MR) is 98.1 cm³/mol. The maximum absolute atomic E-state index is 12.4. The molecule has 0 unspecified atom stereocenters. The Balaban J connectivity index is 1.78. The zero-order valence-electron chi connectivity index (χ0n) is 13.1. The second kappa shape index (κ2) is 6.97. The van der Waals surface area contributed by atoms with Gasteiger partial charge >= 0.3 is 0 Å². The molecule has 0 aliphatic heterocycles. The molecule has 0 saturated heterocycles. The van der Waals surface area contributed by atoms with E-state index < -0.39 is 0 Å². The molecule has 0 spiro atoms. The van der Waals surface area contributed by atoms with Crippen LogP contribution in [-0.4, -0.2) is 15.5 Å². The number of fused-ring (bicyclic) bond motifs is 1. The second-order valence-electron chi connectivity index (χ2n) is 5.45. The van der Waals surface area contributed by atoms with E-state index in [1.807, 2.05) is 48.5 Å². The first-order valence-electron chi connectivity index (χ1n) is 7.56. The summed E-state index contributed by atoms with van der Waals surface area (Å²) >= 11 is 3.35. The molecule has 0 atom stereocenters. The monoisotopic (exact) mass is 385 g/mol. The van der Waals surface area contributed by atoms with Crippen molar-refractivity contribution < 1.29 is 4.79 Å². The van der Waals surface area contributed by atoms with Gasteiger partial charge in [0.25, 0.3) is 5.56 Å². The highest BCUT2D eigenvalue weighted by molar-refractivity contribution is 9.10. The van der Waals surface area contributed by atoms with E-state index in [1.54, 1.807) is 11.5 Å². The lowest BCUT2D eigenvalue weighted by Crippen LogP contribution is -2.26. The van der Waals surface area contributed by atoms with Gasteiger partial charge in [-0.15, -0.1) is 0 Å². The summed E-state index contributed by atoms with van der Waals surface area (Å²) in [5, 5.41) is 2.83. The van der Waals surface area contributed by atoms with E-state index in [0.29, 0.717) is 12.2 Å². The number of nitrogens with zero attached hydrogens (tertiary/aromatic N) is 2. The Bertz CT molecular complexity index is 949. The van der Waals surface area contributed by atoms with Gasteiger partial charge in [0.15, 0.2) is 0 Å². The largest absolute Gasteiger partial charge is 0.326 e. The highest BCUT2D eigenvalue weighted by atomic mass is 79.9. The molecule has 0 fully saturated rings. The number of hydrogen-bond acceptors (Lipinski definition) is 3. The quantitative estimate of drug-likeness (QED) is 0.747. The lowest BCUT2D eigenvalue weighted by molar-refractivity contribution is -0.116. The fourth-order valence-corrected chi connectivity index (χ4v) is 2.78. The lowest BCUT2D eigenvalue weighted by Gasteiger charge is -2.11. The van der Waals surface area contributed by atoms with E-state index in [2.05, 4.69) is 26.2 Å². The third-order valence-electron chi connectivity index (χ3n) is 3.71. The standard InChI is InChI=1S/C18H16BrN3O2/c1-12-18(24)22(16-5-3-2-4-15(16)20-12)11-10-17(23)21-14-8-6-13(19)7-9-14/h2-9H,10-11H2,1H3,(H,21,23). The van der Waals surface area contributed by atoms with E-state index in [1.165, 1.54) is 0 Å². The van der Waals surface area contributed by atoms with Crippen molar-refractivity contribution in [3.63, 3.8) is 0 Å². The number of para-hydroxylation sites is 2. The van der Waals surface area contributed by atoms with Crippen LogP contribution in [0.4, 0.5) is 5.69 Å². The summed E-state index contributed by atoms with van der Waals surface area (Å²) in [7, 11) is 0. The number of nitrogens with one attached hydrogen (secondary N) is 1. The summed E-state index contributed by atoms with van der Waals surface area (Å²) in [6.45, 7) is 2.00. The molecule has 24 heavy (non-hydrogen) atoms. The van der Waals surface area contributed by atoms with Gasteiger partial charge in [-0.05, 0) is 43.3 Å². The van der Waals surface area contributed by atoms with Gasteiger partial charge < -0.3 is 9.88 Å². The van der Waals surface area contributed by atoms with Crippen molar-refractivity contribution in [2.24, 2.45) is 0 Å². The minimum Gasteiger partial charge on any atom is -0.326 e. The maximum Gasteiger partial charge on any atom is 0.272 e. The van der Waals surface area contributed by atoms with Crippen molar-refractivity contribution in [1.29, 1.82) is 0 Å². The molecule has 0 aliphatic carbocycles. The summed E-state index contributed by atoms with van der Waals surface area (Å²) in [6.07, 6.45) is 0.212. The number of aromatic nitrogens is 2. The molecule has 0 bridgehead atoms. The number of amides is 1. The Morgan fingerprint density at radius 2 is 1.88 bits per heavy atom. The molecule has 122 valence electrons. The molecule has 0 saturated carbocycles. The SMILES string of the molecule is Cc1nc2ccccc2n(CCC(=O)Nc2ccc(Br)cc2)c1=O. The number of benzene rings is 2. The number of anilines is 1. The fourth-order valence-electron chi connectivity index (χ4n) is 2.51. The smallest absolute Gasteiger partial charge is 0.272 e. The van der Waals surface area contributed by atoms with Crippen LogP contribution in [0.15, 0.2) is 57.8 Å². The van der Waals surface area contributed by atoms with Crippen molar-refractivity contribution in [3.05, 3.63) is 69.1 Å². The molecule has 1 aromatic heterocycles. The highest BCUT2D eigenvalue weighted by Crippen LogP contribution is 2.15. The minimum atomic E-state index is -0.162. The van der Waals surface area contributed by atoms with Gasteiger partial charge in [0.1, 0.15) is 5.69 Å². The van der Waals surface area contributed by atoms with Crippen LogP contribution < -0.4 is 10.9 Å². The minimum absolute atomic E-state index is 0.136. The van der Waals surface area contributed by atoms with Crippen LogP contribution in [0, 0.1) is 6.92 Å². The van der Waals surface area contributed by atoms with Crippen LogP contribution >= 0.6 is 15.9 Å². The summed E-state index contributed by atoms with van der Waals surface area (Å²) < 4.78 is 2.56. The van der Waals surface area contributed by atoms with Crippen molar-refractivity contribution >= 4 is 38.6 Å². The van der Waals surface area contributed by atoms with Gasteiger partial charge in [-0.1, -0.05) is 28.1 Å². The summed E-state index contributed by atoms with van der Waals surface area (Å²) in [5.41, 5.74) is 2.49. The van der Waals surface area contributed by atoms with Crippen LogP contribution in [0.2, 0.25) is 0 Å². The van der Waals surface area contributed by atoms with E-state index in [9.17, 15) is 9.59 Å². The first kappa shape index (κ1) is 16.4. The first-order chi connectivity index (χ1) is 11.5. The number of carbonyl (C=O) groups is 1. The molecule has 5 nitrogen and oxygen atoms in total. The van der Waals surface area contributed by atoms with Gasteiger partial charge in [0.05, 0.1) is 11.0 Å². The molecule has 3 rings (SSSR count). The normalized spacial score (nSPS) is 10.8. The van der Waals surface area contributed by atoms with Crippen molar-refractivity contribution in [2.75, 3.05) is 5.32 Å². The molecule has 0 radical (unpaired) electrons. The van der Waals surface area contributed by atoms with Gasteiger partial charge in [-0.3, -0.25) is 9.59 Å². The molecule has 1 amide bonds. The van der Waals surface area contributed by atoms with E-state index in [0.717, 1.165) is 21.2 Å². The molecule has 1 heterocycles. The number of halogens is 1. The number of aryl methyl sites for hydroxylation is 2. The Morgan fingerprint density at radius 3 is 2.62 bits per heavy atom. The van der Waals surface area contributed by atoms with Crippen molar-refractivity contribution in [3.8, 4) is 0 Å². The molecular formula is C18H16BrN3O2. The van der Waals surface area contributed by atoms with E-state index >= 15 is 0 Å². The predicted octanol–water partition coefficient (Wildman–Crippen LogP) is 3.50. The second-order valence-corrected chi connectivity index (χ2v) is 6.36. The molecule has 6 heteroatoms. The van der Waals surface area contributed by atoms with Gasteiger partial charge in [-0.2, -0.15) is 0 Å². The maximum atomic E-state index is 12.4. The lowest BCUT2D eigenvalue weighted by atomic mass is 10.2. The van der Waals surface area contributed by atoms with Gasteiger partial charge in [-0.25, -0.2) is 4.98 Å². The van der Waals surface area contributed by atoms with Crippen LogP contribution in [0.5, 0.6) is 0 Å². The number of carbonyl (C=O) groups excluding carboxylic acids is 1. The third-order valence-corrected chi connectivity index (χ3v) is 4.23. The topological polar surface area (TPSA) is 64.0 Å². The van der Waals surface area contributed by atoms with E-state index in [4.69, 9.17) is 0 Å². The third kappa shape index (κ3) is 3.54. The van der Waals surface area contributed by atoms with Crippen molar-refractivity contribution in [1.82, 2.24) is 9.55 Å². The van der Waals surface area contributed by atoms with Crippen LogP contribution in [0.1, 0.15) is 12.1 Å². The summed E-state index contributed by atoms with van der Waals surface area (Å²) in [4.78, 5) is 28.8. The zero-order chi connectivity index (χ0) is 17.1. The Hall–Kier alpha value is -2.47. The van der Waals surface area contributed by atoms with Crippen LogP contribution in [0.25, 0.3) is 11.0 Å². The molecule has 2 aromatic carbocycles. The Morgan fingerprint density at radius 1 is 1.17 bits per heavy atom. The van der Waals surface area contributed by atoms with Crippen LogP contribution in [0.3, 0.4) is 0 Å². The fraction of sp³-hybridized carbons (Fsp3) is 0.167. The molecule has 3 aromatic rings. The first-order valence-corrected chi connectivity index (χ1v) is 8.35. The number of rotatable bonds is 4. The average Bonchev–Trinajstić information content (AvgIpc) is 2.57. The summed E-state index contributed by atoms with van der Waals surface area (Å²) in [6, 6.07) is 14.8. The summed E-state index contributed by atoms with van der Waals surface area (Å²) in [5.74, 6) is -0.136. The van der Waals surface area contributed by atoms with E-state index in [-0.39, 0.29) is 17.9 Å². The van der Waals surface area contributed by atoms with Crippen LogP contribution in [-0.2, 0) is 11.3 Å². The van der Waals surface area contributed by atoms with Gasteiger partial charge in [0, 0.05) is 23.1 Å². The molecular weight excluding hydrogens is 370 g/mol. The Labute approximate surface area is 147 Å².